The molecule has 1 aromatic rings. The smallest absolute Gasteiger partial charge is 0.241 e. The van der Waals surface area contributed by atoms with Gasteiger partial charge in [-0.25, -0.2) is 8.78 Å². The van der Waals surface area contributed by atoms with Gasteiger partial charge in [0.1, 0.15) is 11.6 Å². The van der Waals surface area contributed by atoms with Crippen molar-refractivity contribution in [3.8, 4) is 0 Å². The Hall–Kier alpha value is -1.49. The molecular formula is C14H16F2N2O. The summed E-state index contributed by atoms with van der Waals surface area (Å²) in [6.45, 7) is 0.861. The van der Waals surface area contributed by atoms with Crippen LogP contribution in [-0.4, -0.2) is 18.5 Å². The van der Waals surface area contributed by atoms with E-state index >= 15 is 0 Å². The Labute approximate surface area is 110 Å². The molecule has 102 valence electrons. The first-order valence-electron chi connectivity index (χ1n) is 6.64. The monoisotopic (exact) mass is 266 g/mol. The van der Waals surface area contributed by atoms with E-state index in [1.54, 1.807) is 0 Å². The molecule has 0 radical (unpaired) electrons. The Morgan fingerprint density at radius 3 is 2.68 bits per heavy atom. The van der Waals surface area contributed by atoms with E-state index in [0.717, 1.165) is 44.0 Å². The number of nitrogens with one attached hydrogen (secondary N) is 2. The van der Waals surface area contributed by atoms with Crippen molar-refractivity contribution in [2.45, 2.75) is 25.3 Å². The number of hydrogen-bond donors (Lipinski definition) is 2. The van der Waals surface area contributed by atoms with E-state index in [2.05, 4.69) is 10.6 Å². The molecule has 3 unspecified atom stereocenters. The predicted molar refractivity (Wildman–Crippen MR) is 67.6 cm³/mol. The molecule has 1 heterocycles. The third kappa shape index (κ3) is 2.47. The summed E-state index contributed by atoms with van der Waals surface area (Å²) < 4.78 is 26.1. The van der Waals surface area contributed by atoms with Crippen molar-refractivity contribution in [3.63, 3.8) is 0 Å². The van der Waals surface area contributed by atoms with E-state index in [1.165, 1.54) is 0 Å². The fraction of sp³-hybridized carbons (Fsp3) is 0.500. The minimum atomic E-state index is -0.687. The summed E-state index contributed by atoms with van der Waals surface area (Å²) in [5, 5.41) is 5.81. The van der Waals surface area contributed by atoms with Crippen LogP contribution in [0.5, 0.6) is 0 Å². The van der Waals surface area contributed by atoms with Crippen LogP contribution in [0.15, 0.2) is 18.2 Å². The summed E-state index contributed by atoms with van der Waals surface area (Å²) >= 11 is 0. The summed E-state index contributed by atoms with van der Waals surface area (Å²) in [6.07, 6.45) is 3.37. The highest BCUT2D eigenvalue weighted by molar-refractivity contribution is 5.95. The lowest BCUT2D eigenvalue weighted by molar-refractivity contribution is -0.118. The molecule has 0 bridgehead atoms. The first kappa shape index (κ1) is 12.5. The van der Waals surface area contributed by atoms with Crippen molar-refractivity contribution in [1.29, 1.82) is 0 Å². The quantitative estimate of drug-likeness (QED) is 0.862. The number of amides is 1. The Kier molecular flexibility index (Phi) is 3.22. The standard InChI is InChI=1S/C14H16F2N2O/c15-9-4-10(16)6-11(5-9)18-14(19)13-12-3-1-2-8(12)7-17-13/h4-6,8,12-13,17H,1-3,7H2,(H,18,19). The maximum Gasteiger partial charge on any atom is 0.241 e. The summed E-state index contributed by atoms with van der Waals surface area (Å²) in [5.74, 6) is -0.639. The fourth-order valence-corrected chi connectivity index (χ4v) is 3.32. The Bertz CT molecular complexity index is 486. The first-order chi connectivity index (χ1) is 9.13. The van der Waals surface area contributed by atoms with E-state index < -0.39 is 11.6 Å². The molecule has 0 aromatic heterocycles. The number of fused-ring (bicyclic) bond motifs is 1. The van der Waals surface area contributed by atoms with Gasteiger partial charge in [-0.15, -0.1) is 0 Å². The van der Waals surface area contributed by atoms with E-state index in [0.29, 0.717) is 11.8 Å². The number of rotatable bonds is 2. The Morgan fingerprint density at radius 1 is 1.21 bits per heavy atom. The average molecular weight is 266 g/mol. The Balaban J connectivity index is 1.71. The third-order valence-electron chi connectivity index (χ3n) is 4.16. The van der Waals surface area contributed by atoms with Crippen LogP contribution in [0.1, 0.15) is 19.3 Å². The zero-order valence-electron chi connectivity index (χ0n) is 10.5. The molecule has 3 nitrogen and oxygen atoms in total. The fourth-order valence-electron chi connectivity index (χ4n) is 3.32. The van der Waals surface area contributed by atoms with E-state index in [9.17, 15) is 13.6 Å². The van der Waals surface area contributed by atoms with Crippen molar-refractivity contribution >= 4 is 11.6 Å². The Morgan fingerprint density at radius 2 is 1.95 bits per heavy atom. The van der Waals surface area contributed by atoms with Crippen LogP contribution in [0.25, 0.3) is 0 Å². The summed E-state index contributed by atoms with van der Waals surface area (Å²) in [5.41, 5.74) is 0.172. The normalized spacial score (nSPS) is 29.3. The van der Waals surface area contributed by atoms with Crippen LogP contribution >= 0.6 is 0 Å². The minimum absolute atomic E-state index is 0.172. The van der Waals surface area contributed by atoms with Gasteiger partial charge in [0.25, 0.3) is 0 Å². The van der Waals surface area contributed by atoms with Crippen LogP contribution < -0.4 is 10.6 Å². The maximum absolute atomic E-state index is 13.1. The molecule has 19 heavy (non-hydrogen) atoms. The number of carbonyl (C=O) groups is 1. The number of benzene rings is 1. The molecule has 3 rings (SSSR count). The van der Waals surface area contributed by atoms with Gasteiger partial charge in [0, 0.05) is 11.8 Å². The van der Waals surface area contributed by atoms with Gasteiger partial charge in [-0.05, 0) is 43.4 Å². The minimum Gasteiger partial charge on any atom is -0.325 e. The van der Waals surface area contributed by atoms with Crippen LogP contribution in [0.4, 0.5) is 14.5 Å². The number of hydrogen-bond acceptors (Lipinski definition) is 2. The number of anilines is 1. The van der Waals surface area contributed by atoms with Gasteiger partial charge in [-0.1, -0.05) is 6.42 Å². The largest absolute Gasteiger partial charge is 0.325 e. The highest BCUT2D eigenvalue weighted by atomic mass is 19.1. The molecule has 3 atom stereocenters. The van der Waals surface area contributed by atoms with Crippen LogP contribution in [0.2, 0.25) is 0 Å². The second-order valence-corrected chi connectivity index (χ2v) is 5.39. The highest BCUT2D eigenvalue weighted by Gasteiger charge is 2.42. The van der Waals surface area contributed by atoms with Crippen LogP contribution in [0.3, 0.4) is 0 Å². The van der Waals surface area contributed by atoms with Crippen LogP contribution in [-0.2, 0) is 4.79 Å². The van der Waals surface area contributed by atoms with Crippen molar-refractivity contribution in [2.24, 2.45) is 11.8 Å². The van der Waals surface area contributed by atoms with Gasteiger partial charge < -0.3 is 10.6 Å². The maximum atomic E-state index is 13.1. The topological polar surface area (TPSA) is 41.1 Å². The van der Waals surface area contributed by atoms with Gasteiger partial charge >= 0.3 is 0 Å². The molecule has 2 fully saturated rings. The molecular weight excluding hydrogens is 250 g/mol. The molecule has 1 aliphatic carbocycles. The number of carbonyl (C=O) groups excluding carboxylic acids is 1. The molecule has 0 spiro atoms. The molecule has 5 heteroatoms. The summed E-state index contributed by atoms with van der Waals surface area (Å²) in [6, 6.07) is 2.81. The predicted octanol–water partition coefficient (Wildman–Crippen LogP) is 2.29. The molecule has 1 aliphatic heterocycles. The SMILES string of the molecule is O=C(Nc1cc(F)cc(F)c1)C1NCC2CCCC21. The molecule has 2 aliphatic rings. The highest BCUT2D eigenvalue weighted by Crippen LogP contribution is 2.37. The number of halogens is 2. The van der Waals surface area contributed by atoms with E-state index in [-0.39, 0.29) is 17.6 Å². The van der Waals surface area contributed by atoms with E-state index in [4.69, 9.17) is 0 Å². The van der Waals surface area contributed by atoms with Gasteiger partial charge in [-0.2, -0.15) is 0 Å². The van der Waals surface area contributed by atoms with Crippen LogP contribution in [0, 0.1) is 23.5 Å². The molecule has 2 N–H and O–H groups in total. The average Bonchev–Trinajstić information content (AvgIpc) is 2.87. The lowest BCUT2D eigenvalue weighted by Gasteiger charge is -2.17. The van der Waals surface area contributed by atoms with Crippen molar-refractivity contribution in [3.05, 3.63) is 29.8 Å². The van der Waals surface area contributed by atoms with Gasteiger partial charge in [0.2, 0.25) is 5.91 Å². The van der Waals surface area contributed by atoms with Gasteiger partial charge in [-0.3, -0.25) is 4.79 Å². The molecule has 1 aromatic carbocycles. The van der Waals surface area contributed by atoms with Gasteiger partial charge in [0.05, 0.1) is 6.04 Å². The molecule has 1 amide bonds. The summed E-state index contributed by atoms with van der Waals surface area (Å²) in [4.78, 5) is 12.2. The van der Waals surface area contributed by atoms with E-state index in [1.807, 2.05) is 0 Å². The lowest BCUT2D eigenvalue weighted by Crippen LogP contribution is -2.39. The second-order valence-electron chi connectivity index (χ2n) is 5.39. The molecule has 1 saturated heterocycles. The second kappa shape index (κ2) is 4.89. The van der Waals surface area contributed by atoms with Gasteiger partial charge in [0.15, 0.2) is 0 Å². The first-order valence-corrected chi connectivity index (χ1v) is 6.64. The van der Waals surface area contributed by atoms with Crippen molar-refractivity contribution in [1.82, 2.24) is 5.32 Å². The lowest BCUT2D eigenvalue weighted by atomic mass is 9.93. The van der Waals surface area contributed by atoms with Crippen molar-refractivity contribution < 1.29 is 13.6 Å². The third-order valence-corrected chi connectivity index (χ3v) is 4.16. The molecule has 1 saturated carbocycles. The van der Waals surface area contributed by atoms with Crippen molar-refractivity contribution in [2.75, 3.05) is 11.9 Å². The zero-order chi connectivity index (χ0) is 13.4. The zero-order valence-corrected chi connectivity index (χ0v) is 10.5. The summed E-state index contributed by atoms with van der Waals surface area (Å²) in [7, 11) is 0.